The molecule has 0 radical (unpaired) electrons. The Labute approximate surface area is 144 Å². The summed E-state index contributed by atoms with van der Waals surface area (Å²) < 4.78 is 14.1. The molecular weight excluding hydrogens is 377 g/mol. The van der Waals surface area contributed by atoms with Gasteiger partial charge in [-0.25, -0.2) is 4.39 Å². The molecule has 3 aromatic rings. The van der Waals surface area contributed by atoms with E-state index in [1.807, 2.05) is 0 Å². The molecule has 1 heterocycles. The van der Waals surface area contributed by atoms with Gasteiger partial charge in [-0.2, -0.15) is 0 Å². The first-order chi connectivity index (χ1) is 11.5. The molecule has 7 heteroatoms. The van der Waals surface area contributed by atoms with Crippen molar-refractivity contribution in [2.75, 3.05) is 5.73 Å². The molecule has 0 saturated carbocycles. The molecule has 0 fully saturated rings. The maximum Gasteiger partial charge on any atom is 0.277 e. The van der Waals surface area contributed by atoms with Crippen LogP contribution in [0.15, 0.2) is 53.1 Å². The summed E-state index contributed by atoms with van der Waals surface area (Å²) in [4.78, 5) is 28.5. The van der Waals surface area contributed by atoms with Gasteiger partial charge in [-0.1, -0.05) is 15.9 Å². The first-order valence-electron chi connectivity index (χ1n) is 6.90. The molecule has 0 aliphatic rings. The molecule has 0 saturated heterocycles. The van der Waals surface area contributed by atoms with Crippen molar-refractivity contribution in [3.63, 3.8) is 0 Å². The number of benzene rings is 2. The number of pyridine rings is 1. The van der Waals surface area contributed by atoms with Gasteiger partial charge in [-0.05, 0) is 47.9 Å². The number of imide groups is 1. The van der Waals surface area contributed by atoms with E-state index in [-0.39, 0.29) is 11.3 Å². The number of amides is 2. The van der Waals surface area contributed by atoms with Crippen molar-refractivity contribution in [3.05, 3.63) is 70.2 Å². The predicted molar refractivity (Wildman–Crippen MR) is 92.1 cm³/mol. The zero-order valence-corrected chi connectivity index (χ0v) is 13.8. The zero-order chi connectivity index (χ0) is 17.3. The first-order valence-corrected chi connectivity index (χ1v) is 7.70. The van der Waals surface area contributed by atoms with Gasteiger partial charge in [-0.3, -0.25) is 19.9 Å². The van der Waals surface area contributed by atoms with E-state index in [2.05, 4.69) is 26.2 Å². The quantitative estimate of drug-likeness (QED) is 0.521. The minimum Gasteiger partial charge on any atom is -0.399 e. The largest absolute Gasteiger partial charge is 0.399 e. The number of halogens is 2. The second-order valence-corrected chi connectivity index (χ2v) is 5.90. The van der Waals surface area contributed by atoms with Crippen LogP contribution in [0.5, 0.6) is 0 Å². The van der Waals surface area contributed by atoms with Crippen LogP contribution in [0, 0.1) is 5.82 Å². The van der Waals surface area contributed by atoms with Crippen molar-refractivity contribution >= 4 is 44.2 Å². The fourth-order valence-electron chi connectivity index (χ4n) is 2.26. The van der Waals surface area contributed by atoms with Crippen LogP contribution in [0.3, 0.4) is 0 Å². The number of nitrogens with zero attached hydrogens (tertiary/aromatic N) is 1. The molecule has 0 spiro atoms. The van der Waals surface area contributed by atoms with Crippen molar-refractivity contribution in [2.45, 2.75) is 0 Å². The summed E-state index contributed by atoms with van der Waals surface area (Å²) >= 11 is 3.25. The molecule has 5 nitrogen and oxygen atoms in total. The number of carbonyl (C=O) groups is 2. The van der Waals surface area contributed by atoms with E-state index in [9.17, 15) is 14.0 Å². The van der Waals surface area contributed by atoms with Gasteiger partial charge >= 0.3 is 0 Å². The number of nitrogen functional groups attached to an aromatic ring is 1. The SMILES string of the molecule is Nc1ccc(C(=O)NC(=O)c2nccc3c(Br)cc(F)cc23)cc1. The second-order valence-electron chi connectivity index (χ2n) is 5.05. The van der Waals surface area contributed by atoms with Gasteiger partial charge in [0.15, 0.2) is 0 Å². The molecule has 0 atom stereocenters. The second kappa shape index (κ2) is 6.37. The molecule has 0 aliphatic heterocycles. The van der Waals surface area contributed by atoms with E-state index in [0.717, 1.165) is 0 Å². The Hall–Kier alpha value is -2.80. The lowest BCUT2D eigenvalue weighted by molar-refractivity contribution is 0.0847. The number of fused-ring (bicyclic) bond motifs is 1. The highest BCUT2D eigenvalue weighted by atomic mass is 79.9. The molecule has 3 N–H and O–H groups in total. The Kier molecular flexibility index (Phi) is 4.26. The van der Waals surface area contributed by atoms with Gasteiger partial charge < -0.3 is 5.73 Å². The molecule has 3 rings (SSSR count). The normalized spacial score (nSPS) is 10.6. The highest BCUT2D eigenvalue weighted by Crippen LogP contribution is 2.26. The standard InChI is InChI=1S/C17H11BrFN3O2/c18-14-8-10(19)7-13-12(14)5-6-21-15(13)17(24)22-16(23)9-1-3-11(20)4-2-9/h1-8H,20H2,(H,22,23,24). The Bertz CT molecular complexity index is 958. The monoisotopic (exact) mass is 387 g/mol. The molecular formula is C17H11BrFN3O2. The summed E-state index contributed by atoms with van der Waals surface area (Å²) in [7, 11) is 0. The molecule has 0 unspecified atom stereocenters. The number of hydrogen-bond acceptors (Lipinski definition) is 4. The first kappa shape index (κ1) is 16.1. The lowest BCUT2D eigenvalue weighted by Gasteiger charge is -2.08. The van der Waals surface area contributed by atoms with E-state index in [4.69, 9.17) is 5.73 Å². The third kappa shape index (κ3) is 3.11. The Morgan fingerprint density at radius 2 is 1.75 bits per heavy atom. The third-order valence-electron chi connectivity index (χ3n) is 3.41. The number of nitrogens with one attached hydrogen (secondary N) is 1. The summed E-state index contributed by atoms with van der Waals surface area (Å²) in [6, 6.07) is 10.3. The van der Waals surface area contributed by atoms with Crippen LogP contribution >= 0.6 is 15.9 Å². The fourth-order valence-corrected chi connectivity index (χ4v) is 2.82. The molecule has 24 heavy (non-hydrogen) atoms. The zero-order valence-electron chi connectivity index (χ0n) is 12.2. The third-order valence-corrected chi connectivity index (χ3v) is 4.07. The molecule has 2 aromatic carbocycles. The summed E-state index contributed by atoms with van der Waals surface area (Å²) in [5.74, 6) is -1.81. The van der Waals surface area contributed by atoms with Gasteiger partial charge in [0, 0.05) is 27.3 Å². The molecule has 0 aliphatic carbocycles. The van der Waals surface area contributed by atoms with E-state index >= 15 is 0 Å². The Morgan fingerprint density at radius 3 is 2.46 bits per heavy atom. The van der Waals surface area contributed by atoms with Crippen LogP contribution in [-0.4, -0.2) is 16.8 Å². The summed E-state index contributed by atoms with van der Waals surface area (Å²) in [5.41, 5.74) is 6.32. The van der Waals surface area contributed by atoms with Crippen molar-refractivity contribution in [2.24, 2.45) is 0 Å². The van der Waals surface area contributed by atoms with E-state index in [1.54, 1.807) is 18.2 Å². The predicted octanol–water partition coefficient (Wildman–Crippen LogP) is 3.29. The molecule has 120 valence electrons. The fraction of sp³-hybridized carbons (Fsp3) is 0. The number of carbonyl (C=O) groups excluding carboxylic acids is 2. The molecule has 1 aromatic heterocycles. The van der Waals surface area contributed by atoms with Crippen LogP contribution < -0.4 is 11.1 Å². The summed E-state index contributed by atoms with van der Waals surface area (Å²) in [5, 5.41) is 3.18. The number of aromatic nitrogens is 1. The lowest BCUT2D eigenvalue weighted by atomic mass is 10.1. The number of hydrogen-bond donors (Lipinski definition) is 2. The average Bonchev–Trinajstić information content (AvgIpc) is 2.54. The lowest BCUT2D eigenvalue weighted by Crippen LogP contribution is -2.31. The Balaban J connectivity index is 1.94. The number of anilines is 1. The van der Waals surface area contributed by atoms with Crippen LogP contribution in [0.4, 0.5) is 10.1 Å². The average molecular weight is 388 g/mol. The van der Waals surface area contributed by atoms with E-state index in [0.29, 0.717) is 20.9 Å². The summed E-state index contributed by atoms with van der Waals surface area (Å²) in [6.07, 6.45) is 1.42. The highest BCUT2D eigenvalue weighted by Gasteiger charge is 2.17. The molecule has 2 amide bonds. The van der Waals surface area contributed by atoms with Crippen molar-refractivity contribution in [3.8, 4) is 0 Å². The van der Waals surface area contributed by atoms with Crippen molar-refractivity contribution in [1.82, 2.24) is 10.3 Å². The minimum absolute atomic E-state index is 0.0310. The highest BCUT2D eigenvalue weighted by molar-refractivity contribution is 9.10. The van der Waals surface area contributed by atoms with E-state index in [1.165, 1.54) is 30.5 Å². The molecule has 0 bridgehead atoms. The van der Waals surface area contributed by atoms with Gasteiger partial charge in [-0.15, -0.1) is 0 Å². The van der Waals surface area contributed by atoms with Crippen molar-refractivity contribution < 1.29 is 14.0 Å². The van der Waals surface area contributed by atoms with Crippen LogP contribution in [-0.2, 0) is 0 Å². The summed E-state index contributed by atoms with van der Waals surface area (Å²) in [6.45, 7) is 0. The topological polar surface area (TPSA) is 85.1 Å². The van der Waals surface area contributed by atoms with Crippen LogP contribution in [0.1, 0.15) is 20.8 Å². The van der Waals surface area contributed by atoms with Gasteiger partial charge in [0.05, 0.1) is 0 Å². The van der Waals surface area contributed by atoms with Gasteiger partial charge in [0.2, 0.25) is 0 Å². The maximum absolute atomic E-state index is 13.6. The number of rotatable bonds is 2. The number of nitrogens with two attached hydrogens (primary N) is 1. The maximum atomic E-state index is 13.6. The van der Waals surface area contributed by atoms with Crippen molar-refractivity contribution in [1.29, 1.82) is 0 Å². The minimum atomic E-state index is -0.708. The van der Waals surface area contributed by atoms with E-state index < -0.39 is 17.6 Å². The Morgan fingerprint density at radius 1 is 1.04 bits per heavy atom. The van der Waals surface area contributed by atoms with Gasteiger partial charge in [0.1, 0.15) is 11.5 Å². The van der Waals surface area contributed by atoms with Gasteiger partial charge in [0.25, 0.3) is 11.8 Å². The van der Waals surface area contributed by atoms with Crippen LogP contribution in [0.2, 0.25) is 0 Å². The van der Waals surface area contributed by atoms with Crippen LogP contribution in [0.25, 0.3) is 10.8 Å². The smallest absolute Gasteiger partial charge is 0.277 e.